The van der Waals surface area contributed by atoms with Crippen molar-refractivity contribution < 1.29 is 14.3 Å². The molecule has 0 fully saturated rings. The molecule has 1 N–H and O–H groups in total. The minimum atomic E-state index is -0.312. The molecule has 0 saturated carbocycles. The molecule has 2 aromatic rings. The van der Waals surface area contributed by atoms with E-state index in [0.717, 1.165) is 0 Å². The molecular formula is C17H14BrCl2NO3. The summed E-state index contributed by atoms with van der Waals surface area (Å²) >= 11 is 15.2. The van der Waals surface area contributed by atoms with E-state index in [4.69, 9.17) is 32.7 Å². The summed E-state index contributed by atoms with van der Waals surface area (Å²) in [6, 6.07) is 10.2. The van der Waals surface area contributed by atoms with Crippen molar-refractivity contribution in [1.82, 2.24) is 0 Å². The first kappa shape index (κ1) is 18.6. The van der Waals surface area contributed by atoms with Crippen LogP contribution in [-0.2, 0) is 4.79 Å². The van der Waals surface area contributed by atoms with E-state index in [1.807, 2.05) is 0 Å². The van der Waals surface area contributed by atoms with Crippen LogP contribution in [-0.4, -0.2) is 19.1 Å². The second-order valence-corrected chi connectivity index (χ2v) is 6.36. The first-order valence-electron chi connectivity index (χ1n) is 6.90. The lowest BCUT2D eigenvalue weighted by atomic mass is 10.3. The largest absolute Gasteiger partial charge is 0.490 e. The van der Waals surface area contributed by atoms with E-state index in [0.29, 0.717) is 38.3 Å². The molecule has 0 radical (unpaired) electrons. The molecule has 1 amide bonds. The van der Waals surface area contributed by atoms with Gasteiger partial charge in [-0.05, 0) is 52.3 Å². The average Bonchev–Trinajstić information content (AvgIpc) is 2.53. The predicted octanol–water partition coefficient (Wildman–Crippen LogP) is 5.34. The van der Waals surface area contributed by atoms with Crippen molar-refractivity contribution in [3.63, 3.8) is 0 Å². The number of rotatable bonds is 7. The van der Waals surface area contributed by atoms with Crippen molar-refractivity contribution in [1.29, 1.82) is 0 Å². The first-order valence-corrected chi connectivity index (χ1v) is 8.45. The van der Waals surface area contributed by atoms with Crippen molar-refractivity contribution in [2.24, 2.45) is 0 Å². The standard InChI is InChI=1S/C17H14BrCl2NO3/c1-2-7-23-13-5-3-12(4-6-13)21-16(22)10-24-17-14(18)8-11(19)9-15(17)20/h2-6,8-9H,1,7,10H2,(H,21,22). The number of ether oxygens (including phenoxy) is 2. The topological polar surface area (TPSA) is 47.6 Å². The van der Waals surface area contributed by atoms with Crippen LogP contribution in [0.3, 0.4) is 0 Å². The molecule has 2 aromatic carbocycles. The van der Waals surface area contributed by atoms with Crippen LogP contribution in [0.2, 0.25) is 10.0 Å². The van der Waals surface area contributed by atoms with E-state index in [1.54, 1.807) is 42.5 Å². The smallest absolute Gasteiger partial charge is 0.262 e. The zero-order valence-electron chi connectivity index (χ0n) is 12.5. The number of nitrogens with one attached hydrogen (secondary N) is 1. The fourth-order valence-corrected chi connectivity index (χ4v) is 3.16. The Balaban J connectivity index is 1.90. The highest BCUT2D eigenvalue weighted by Crippen LogP contribution is 2.36. The Hall–Kier alpha value is -1.69. The maximum Gasteiger partial charge on any atom is 0.262 e. The Labute approximate surface area is 158 Å². The second kappa shape index (κ2) is 8.97. The molecule has 126 valence electrons. The molecule has 0 unspecified atom stereocenters. The van der Waals surface area contributed by atoms with E-state index < -0.39 is 0 Å². The third kappa shape index (κ3) is 5.44. The van der Waals surface area contributed by atoms with E-state index in [-0.39, 0.29) is 12.5 Å². The Kier molecular flexibility index (Phi) is 6.97. The van der Waals surface area contributed by atoms with Crippen LogP contribution in [0.4, 0.5) is 5.69 Å². The zero-order valence-corrected chi connectivity index (χ0v) is 15.6. The van der Waals surface area contributed by atoms with Gasteiger partial charge < -0.3 is 14.8 Å². The van der Waals surface area contributed by atoms with Gasteiger partial charge in [0, 0.05) is 10.7 Å². The van der Waals surface area contributed by atoms with Crippen LogP contribution in [0.15, 0.2) is 53.5 Å². The van der Waals surface area contributed by atoms with Crippen molar-refractivity contribution in [2.75, 3.05) is 18.5 Å². The highest BCUT2D eigenvalue weighted by Gasteiger charge is 2.11. The van der Waals surface area contributed by atoms with Crippen LogP contribution < -0.4 is 14.8 Å². The average molecular weight is 431 g/mol. The molecule has 7 heteroatoms. The lowest BCUT2D eigenvalue weighted by Crippen LogP contribution is -2.20. The summed E-state index contributed by atoms with van der Waals surface area (Å²) in [6.07, 6.45) is 1.66. The van der Waals surface area contributed by atoms with Gasteiger partial charge in [-0.25, -0.2) is 0 Å². The summed E-state index contributed by atoms with van der Waals surface area (Å²) in [5.41, 5.74) is 0.635. The zero-order chi connectivity index (χ0) is 17.5. The van der Waals surface area contributed by atoms with Gasteiger partial charge in [0.05, 0.1) is 9.50 Å². The number of anilines is 1. The summed E-state index contributed by atoms with van der Waals surface area (Å²) in [7, 11) is 0. The number of benzene rings is 2. The summed E-state index contributed by atoms with van der Waals surface area (Å²) < 4.78 is 11.4. The van der Waals surface area contributed by atoms with Gasteiger partial charge >= 0.3 is 0 Å². The molecule has 0 bridgehead atoms. The minimum Gasteiger partial charge on any atom is -0.490 e. The number of amides is 1. The molecule has 0 spiro atoms. The maximum absolute atomic E-state index is 12.0. The number of hydrogen-bond acceptors (Lipinski definition) is 3. The van der Waals surface area contributed by atoms with Crippen molar-refractivity contribution in [3.8, 4) is 11.5 Å². The van der Waals surface area contributed by atoms with Gasteiger partial charge in [0.2, 0.25) is 0 Å². The lowest BCUT2D eigenvalue weighted by Gasteiger charge is -2.11. The fraction of sp³-hybridized carbons (Fsp3) is 0.118. The third-order valence-corrected chi connectivity index (χ3v) is 3.90. The highest BCUT2D eigenvalue weighted by atomic mass is 79.9. The molecule has 4 nitrogen and oxygen atoms in total. The van der Waals surface area contributed by atoms with Crippen molar-refractivity contribution in [3.05, 3.63) is 63.6 Å². The summed E-state index contributed by atoms with van der Waals surface area (Å²) in [6.45, 7) is 3.82. The highest BCUT2D eigenvalue weighted by molar-refractivity contribution is 9.10. The Morgan fingerprint density at radius 3 is 2.54 bits per heavy atom. The second-order valence-electron chi connectivity index (χ2n) is 4.66. The monoisotopic (exact) mass is 429 g/mol. The van der Waals surface area contributed by atoms with Crippen LogP contribution in [0.1, 0.15) is 0 Å². The van der Waals surface area contributed by atoms with Gasteiger partial charge in [-0.3, -0.25) is 4.79 Å². The van der Waals surface area contributed by atoms with E-state index in [1.165, 1.54) is 0 Å². The molecule has 0 atom stereocenters. The predicted molar refractivity (Wildman–Crippen MR) is 100 cm³/mol. The molecule has 0 aliphatic carbocycles. The molecule has 0 aliphatic rings. The van der Waals surface area contributed by atoms with Crippen molar-refractivity contribution >= 4 is 50.7 Å². The minimum absolute atomic E-state index is 0.186. The van der Waals surface area contributed by atoms with Gasteiger partial charge in [-0.15, -0.1) is 0 Å². The van der Waals surface area contributed by atoms with Crippen LogP contribution in [0.5, 0.6) is 11.5 Å². The summed E-state index contributed by atoms with van der Waals surface area (Å²) in [5.74, 6) is 0.748. The molecule has 24 heavy (non-hydrogen) atoms. The number of carbonyl (C=O) groups is 1. The fourth-order valence-electron chi connectivity index (χ4n) is 1.79. The van der Waals surface area contributed by atoms with Gasteiger partial charge in [-0.2, -0.15) is 0 Å². The summed E-state index contributed by atoms with van der Waals surface area (Å²) in [5, 5.41) is 3.52. The SMILES string of the molecule is C=CCOc1ccc(NC(=O)COc2c(Cl)cc(Cl)cc2Br)cc1. The number of halogens is 3. The van der Waals surface area contributed by atoms with Crippen LogP contribution >= 0.6 is 39.1 Å². The Morgan fingerprint density at radius 2 is 1.92 bits per heavy atom. The van der Waals surface area contributed by atoms with Crippen LogP contribution in [0, 0.1) is 0 Å². The van der Waals surface area contributed by atoms with Crippen LogP contribution in [0.25, 0.3) is 0 Å². The molecule has 0 heterocycles. The van der Waals surface area contributed by atoms with E-state index in [9.17, 15) is 4.79 Å². The number of carbonyl (C=O) groups excluding carboxylic acids is 1. The van der Waals surface area contributed by atoms with Gasteiger partial charge in [-0.1, -0.05) is 35.9 Å². The van der Waals surface area contributed by atoms with Gasteiger partial charge in [0.1, 0.15) is 12.4 Å². The Bertz CT molecular complexity index is 712. The van der Waals surface area contributed by atoms with E-state index in [2.05, 4.69) is 27.8 Å². The summed E-state index contributed by atoms with van der Waals surface area (Å²) in [4.78, 5) is 12.0. The lowest BCUT2D eigenvalue weighted by molar-refractivity contribution is -0.118. The molecule has 0 aliphatic heterocycles. The van der Waals surface area contributed by atoms with Gasteiger partial charge in [0.25, 0.3) is 5.91 Å². The molecular weight excluding hydrogens is 417 g/mol. The van der Waals surface area contributed by atoms with Gasteiger partial charge in [0.15, 0.2) is 12.4 Å². The molecule has 0 saturated heterocycles. The first-order chi connectivity index (χ1) is 11.5. The molecule has 2 rings (SSSR count). The van der Waals surface area contributed by atoms with E-state index >= 15 is 0 Å². The molecule has 0 aromatic heterocycles. The van der Waals surface area contributed by atoms with Crippen molar-refractivity contribution in [2.45, 2.75) is 0 Å². The Morgan fingerprint density at radius 1 is 1.21 bits per heavy atom. The normalized spacial score (nSPS) is 10.1. The third-order valence-electron chi connectivity index (χ3n) is 2.82. The number of hydrogen-bond donors (Lipinski definition) is 1. The quantitative estimate of drug-likeness (QED) is 0.603. The maximum atomic E-state index is 12.0.